The Morgan fingerprint density at radius 1 is 0.867 bits per heavy atom. The number of nitrogens with zero attached hydrogens (tertiary/aromatic N) is 3. The highest BCUT2D eigenvalue weighted by Crippen LogP contribution is 2.26. The molecule has 3 aliphatic heterocycles. The van der Waals surface area contributed by atoms with Gasteiger partial charge >= 0.3 is 36.4 Å². The summed E-state index contributed by atoms with van der Waals surface area (Å²) in [4.78, 5) is 36.2. The summed E-state index contributed by atoms with van der Waals surface area (Å²) < 4.78 is 107. The Morgan fingerprint density at radius 2 is 1.38 bits per heavy atom. The number of carboxylic acids is 3. The fourth-order valence-electron chi connectivity index (χ4n) is 4.22. The molecule has 0 radical (unpaired) electrons. The van der Waals surface area contributed by atoms with Crippen molar-refractivity contribution in [1.29, 1.82) is 0 Å². The van der Waals surface area contributed by atoms with E-state index >= 15 is 0 Å². The van der Waals surface area contributed by atoms with Gasteiger partial charge in [-0.3, -0.25) is 9.88 Å². The van der Waals surface area contributed by atoms with Gasteiger partial charge in [0, 0.05) is 44.7 Å². The molecule has 1 aromatic heterocycles. The molecule has 4 rings (SSSR count). The molecule has 0 aliphatic carbocycles. The molecule has 1 atom stereocenters. The number of aromatic nitrogens is 1. The Hall–Kier alpha value is -3.23. The van der Waals surface area contributed by atoms with Crippen LogP contribution >= 0.6 is 0 Å². The van der Waals surface area contributed by atoms with Crippen molar-refractivity contribution in [2.24, 2.45) is 0 Å². The normalized spacial score (nSPS) is 18.7. The van der Waals surface area contributed by atoms with E-state index in [2.05, 4.69) is 14.8 Å². The predicted octanol–water partition coefficient (Wildman–Crippen LogP) is 3.74. The van der Waals surface area contributed by atoms with Crippen LogP contribution in [-0.2, 0) is 43.4 Å². The maximum absolute atomic E-state index is 10.6. The number of pyridine rings is 1. The Labute approximate surface area is 250 Å². The summed E-state index contributed by atoms with van der Waals surface area (Å²) >= 11 is 0. The van der Waals surface area contributed by atoms with Crippen LogP contribution in [0.25, 0.3) is 0 Å². The Bertz CT molecular complexity index is 1030. The average molecular weight is 674 g/mol. The van der Waals surface area contributed by atoms with Gasteiger partial charge in [-0.25, -0.2) is 14.4 Å². The van der Waals surface area contributed by atoms with E-state index in [0.717, 1.165) is 45.9 Å². The first-order chi connectivity index (χ1) is 20.7. The summed E-state index contributed by atoms with van der Waals surface area (Å²) in [6.07, 6.45) is -6.23. The second-order valence-corrected chi connectivity index (χ2v) is 9.68. The third-order valence-electron chi connectivity index (χ3n) is 6.42. The second kappa shape index (κ2) is 18.1. The summed E-state index contributed by atoms with van der Waals surface area (Å²) in [5.74, 6) is -8.27. The topological polar surface area (TPSA) is 150 Å². The molecule has 258 valence electrons. The first-order valence-corrected chi connectivity index (χ1v) is 13.2. The minimum Gasteiger partial charge on any atom is -0.475 e. The van der Waals surface area contributed by atoms with E-state index in [9.17, 15) is 39.5 Å². The van der Waals surface area contributed by atoms with E-state index in [0.29, 0.717) is 12.6 Å². The number of likely N-dealkylation sites (tertiary alicyclic amines) is 1. The zero-order chi connectivity index (χ0) is 34.4. The van der Waals surface area contributed by atoms with Crippen LogP contribution < -0.4 is 0 Å². The van der Waals surface area contributed by atoms with Crippen LogP contribution in [-0.4, -0.2) is 119 Å². The summed E-state index contributed by atoms with van der Waals surface area (Å²) in [5, 5.41) is 21.4. The van der Waals surface area contributed by atoms with E-state index in [4.69, 9.17) is 39.2 Å². The van der Waals surface area contributed by atoms with Crippen LogP contribution in [0.3, 0.4) is 0 Å². The first kappa shape index (κ1) is 39.8. The van der Waals surface area contributed by atoms with E-state index in [1.54, 1.807) is 0 Å². The van der Waals surface area contributed by atoms with Crippen LogP contribution in [0.1, 0.15) is 36.0 Å². The lowest BCUT2D eigenvalue weighted by Gasteiger charge is -2.33. The van der Waals surface area contributed by atoms with Gasteiger partial charge in [-0.15, -0.1) is 0 Å². The van der Waals surface area contributed by atoms with Crippen molar-refractivity contribution < 1.29 is 78.7 Å². The van der Waals surface area contributed by atoms with Gasteiger partial charge in [0.1, 0.15) is 0 Å². The number of alkyl halides is 9. The SMILES string of the molecule is O=C(O)C(F)(F)F.O=C(O)C(F)(F)F.O=C(O)C(F)(F)F.c1ncc2c(c1COCCN1CCCC1)CCN(C1CCOC1)C2. The molecule has 0 spiro atoms. The number of rotatable bonds is 6. The molecule has 20 heteroatoms. The van der Waals surface area contributed by atoms with Gasteiger partial charge in [0.2, 0.25) is 0 Å². The van der Waals surface area contributed by atoms with Crippen molar-refractivity contribution in [3.8, 4) is 0 Å². The quantitative estimate of drug-likeness (QED) is 0.300. The minimum atomic E-state index is -5.08. The maximum Gasteiger partial charge on any atom is 0.490 e. The van der Waals surface area contributed by atoms with Crippen molar-refractivity contribution in [2.45, 2.75) is 63.4 Å². The lowest BCUT2D eigenvalue weighted by Crippen LogP contribution is -2.40. The van der Waals surface area contributed by atoms with Gasteiger partial charge in [-0.05, 0) is 55.5 Å². The molecule has 0 amide bonds. The monoisotopic (exact) mass is 673 g/mol. The molecular formula is C25H32F9N3O8. The van der Waals surface area contributed by atoms with Crippen LogP contribution in [0.15, 0.2) is 12.4 Å². The molecule has 3 aliphatic rings. The van der Waals surface area contributed by atoms with E-state index in [1.165, 1.54) is 49.0 Å². The minimum absolute atomic E-state index is 0.596. The van der Waals surface area contributed by atoms with Crippen molar-refractivity contribution in [3.05, 3.63) is 29.1 Å². The average Bonchev–Trinajstić information content (AvgIpc) is 3.65. The van der Waals surface area contributed by atoms with E-state index in [1.807, 2.05) is 12.4 Å². The zero-order valence-electron chi connectivity index (χ0n) is 23.6. The zero-order valence-corrected chi connectivity index (χ0v) is 23.6. The third kappa shape index (κ3) is 15.6. The fraction of sp³-hybridized carbons (Fsp3) is 0.680. The van der Waals surface area contributed by atoms with Crippen LogP contribution in [0.2, 0.25) is 0 Å². The maximum atomic E-state index is 10.6. The molecule has 3 N–H and O–H groups in total. The van der Waals surface area contributed by atoms with Gasteiger partial charge in [0.15, 0.2) is 0 Å². The number of carboxylic acid groups (broad SMARTS) is 3. The molecule has 0 bridgehead atoms. The number of halogens is 9. The van der Waals surface area contributed by atoms with Crippen LogP contribution in [0.4, 0.5) is 39.5 Å². The van der Waals surface area contributed by atoms with Crippen molar-refractivity contribution >= 4 is 17.9 Å². The molecule has 1 aromatic rings. The molecule has 2 fully saturated rings. The first-order valence-electron chi connectivity index (χ1n) is 13.2. The van der Waals surface area contributed by atoms with Gasteiger partial charge in [-0.2, -0.15) is 39.5 Å². The molecule has 2 saturated heterocycles. The largest absolute Gasteiger partial charge is 0.490 e. The lowest BCUT2D eigenvalue weighted by atomic mass is 9.96. The number of fused-ring (bicyclic) bond motifs is 1. The van der Waals surface area contributed by atoms with E-state index < -0.39 is 36.4 Å². The molecule has 0 aromatic carbocycles. The van der Waals surface area contributed by atoms with Crippen LogP contribution in [0.5, 0.6) is 0 Å². The molecular weight excluding hydrogens is 641 g/mol. The number of aliphatic carboxylic acids is 3. The van der Waals surface area contributed by atoms with Gasteiger partial charge in [-0.1, -0.05) is 0 Å². The molecule has 4 heterocycles. The summed E-state index contributed by atoms with van der Waals surface area (Å²) in [7, 11) is 0. The predicted molar refractivity (Wildman–Crippen MR) is 134 cm³/mol. The standard InChI is InChI=1S/C19H29N3O2.3C2HF3O2/c1-2-6-21(5-1)8-10-24-14-17-12-20-11-16-13-22(7-3-19(16)17)18-4-9-23-15-18;3*3-2(4,5)1(6)7/h11-12,18H,1-10,13-15H2;3*(H,6,7). The Morgan fingerprint density at radius 3 is 1.82 bits per heavy atom. The van der Waals surface area contributed by atoms with Crippen molar-refractivity contribution in [1.82, 2.24) is 14.8 Å². The van der Waals surface area contributed by atoms with Gasteiger partial charge in [0.05, 0.1) is 19.8 Å². The smallest absolute Gasteiger partial charge is 0.475 e. The van der Waals surface area contributed by atoms with E-state index in [-0.39, 0.29) is 0 Å². The fourth-order valence-corrected chi connectivity index (χ4v) is 4.22. The second-order valence-electron chi connectivity index (χ2n) is 9.68. The Kier molecular flexibility index (Phi) is 16.0. The number of hydrogen-bond donors (Lipinski definition) is 3. The third-order valence-corrected chi connectivity index (χ3v) is 6.42. The van der Waals surface area contributed by atoms with Gasteiger partial charge < -0.3 is 29.7 Å². The van der Waals surface area contributed by atoms with Gasteiger partial charge in [0.25, 0.3) is 0 Å². The highest BCUT2D eigenvalue weighted by molar-refractivity contribution is 5.73. The number of ether oxygens (including phenoxy) is 2. The Balaban J connectivity index is 0.000000396. The number of carbonyl (C=O) groups is 3. The molecule has 0 saturated carbocycles. The molecule has 11 nitrogen and oxygen atoms in total. The lowest BCUT2D eigenvalue weighted by molar-refractivity contribution is -0.193. The highest BCUT2D eigenvalue weighted by atomic mass is 19.4. The molecule has 45 heavy (non-hydrogen) atoms. The molecule has 1 unspecified atom stereocenters. The number of hydrogen-bond acceptors (Lipinski definition) is 8. The van der Waals surface area contributed by atoms with Crippen molar-refractivity contribution in [3.63, 3.8) is 0 Å². The van der Waals surface area contributed by atoms with Crippen molar-refractivity contribution in [2.75, 3.05) is 46.0 Å². The summed E-state index contributed by atoms with van der Waals surface area (Å²) in [6.45, 7) is 9.03. The summed E-state index contributed by atoms with van der Waals surface area (Å²) in [5.41, 5.74) is 4.14. The summed E-state index contributed by atoms with van der Waals surface area (Å²) in [6, 6.07) is 0.596. The van der Waals surface area contributed by atoms with Crippen LogP contribution in [0, 0.1) is 0 Å². The highest BCUT2D eigenvalue weighted by Gasteiger charge is 2.39.